The van der Waals surface area contributed by atoms with Gasteiger partial charge in [0.25, 0.3) is 10.0 Å². The molecule has 0 spiro atoms. The molecule has 1 aromatic carbocycles. The number of nitrogens with one attached hydrogen (secondary N) is 1. The monoisotopic (exact) mass is 422 g/mol. The minimum absolute atomic E-state index is 0.0851. The molecule has 0 aliphatic carbocycles. The Bertz CT molecular complexity index is 1050. The molecule has 148 valence electrons. The van der Waals surface area contributed by atoms with Crippen molar-refractivity contribution in [1.82, 2.24) is 4.98 Å². The van der Waals surface area contributed by atoms with E-state index in [4.69, 9.17) is 26.8 Å². The van der Waals surface area contributed by atoms with Gasteiger partial charge in [0.05, 0.1) is 36.3 Å². The van der Waals surface area contributed by atoms with Crippen LogP contribution in [0.3, 0.4) is 0 Å². The molecule has 1 atom stereocenters. The number of hydrogen-bond acceptors (Lipinski definition) is 7. The maximum Gasteiger partial charge on any atom is 0.265 e. The molecule has 0 amide bonds. The SMILES string of the molecule is COc1ccc(Cl)cc1S(=O)(=O)Nc1cnc2c(c1)C(C=CN)=N[C@@H](C)CO2. The average Bonchev–Trinajstić information content (AvgIpc) is 2.81. The summed E-state index contributed by atoms with van der Waals surface area (Å²) in [6.45, 7) is 2.25. The van der Waals surface area contributed by atoms with Gasteiger partial charge in [-0.3, -0.25) is 9.71 Å². The molecule has 0 radical (unpaired) electrons. The highest BCUT2D eigenvalue weighted by molar-refractivity contribution is 7.92. The first kappa shape index (κ1) is 20.0. The number of methoxy groups -OCH3 is 1. The van der Waals surface area contributed by atoms with E-state index in [9.17, 15) is 8.42 Å². The molecule has 1 aliphatic rings. The molecule has 3 rings (SSSR count). The van der Waals surface area contributed by atoms with Crippen LogP contribution in [0.5, 0.6) is 11.6 Å². The third-order valence-electron chi connectivity index (χ3n) is 3.87. The van der Waals surface area contributed by atoms with Crippen molar-refractivity contribution in [3.63, 3.8) is 0 Å². The van der Waals surface area contributed by atoms with E-state index in [0.717, 1.165) is 0 Å². The molecular formula is C18H19ClN4O4S. The van der Waals surface area contributed by atoms with Crippen LogP contribution in [0.15, 0.2) is 52.6 Å². The second kappa shape index (κ2) is 8.07. The summed E-state index contributed by atoms with van der Waals surface area (Å²) in [5, 5.41) is 0.270. The summed E-state index contributed by atoms with van der Waals surface area (Å²) < 4.78 is 39.0. The summed E-state index contributed by atoms with van der Waals surface area (Å²) >= 11 is 5.95. The molecule has 3 N–H and O–H groups in total. The predicted molar refractivity (Wildman–Crippen MR) is 108 cm³/mol. The van der Waals surface area contributed by atoms with Gasteiger partial charge >= 0.3 is 0 Å². The highest BCUT2D eigenvalue weighted by Crippen LogP contribution is 2.30. The third kappa shape index (κ3) is 4.20. The molecule has 0 saturated heterocycles. The number of aliphatic imine (C=N–C) groups is 1. The lowest BCUT2D eigenvalue weighted by Gasteiger charge is -2.13. The van der Waals surface area contributed by atoms with Gasteiger partial charge in [0.2, 0.25) is 5.88 Å². The van der Waals surface area contributed by atoms with Gasteiger partial charge in [-0.25, -0.2) is 13.4 Å². The van der Waals surface area contributed by atoms with E-state index >= 15 is 0 Å². The fraction of sp³-hybridized carbons (Fsp3) is 0.222. The molecular weight excluding hydrogens is 404 g/mol. The first-order valence-corrected chi connectivity index (χ1v) is 10.2. The summed E-state index contributed by atoms with van der Waals surface area (Å²) in [4.78, 5) is 8.65. The first-order valence-electron chi connectivity index (χ1n) is 8.29. The Morgan fingerprint density at radius 3 is 2.89 bits per heavy atom. The van der Waals surface area contributed by atoms with E-state index in [1.54, 1.807) is 18.2 Å². The fourth-order valence-corrected chi connectivity index (χ4v) is 4.11. The second-order valence-electron chi connectivity index (χ2n) is 6.01. The number of aromatic nitrogens is 1. The quantitative estimate of drug-likeness (QED) is 0.765. The van der Waals surface area contributed by atoms with Crippen LogP contribution in [0.25, 0.3) is 0 Å². The van der Waals surface area contributed by atoms with Crippen molar-refractivity contribution in [1.29, 1.82) is 0 Å². The molecule has 28 heavy (non-hydrogen) atoms. The maximum atomic E-state index is 12.9. The maximum absolute atomic E-state index is 12.9. The summed E-state index contributed by atoms with van der Waals surface area (Å²) in [5.41, 5.74) is 6.83. The van der Waals surface area contributed by atoms with Crippen LogP contribution in [0, 0.1) is 0 Å². The zero-order chi connectivity index (χ0) is 20.3. The molecule has 0 unspecified atom stereocenters. The van der Waals surface area contributed by atoms with Gasteiger partial charge in [-0.2, -0.15) is 0 Å². The fourth-order valence-electron chi connectivity index (χ4n) is 2.64. The van der Waals surface area contributed by atoms with E-state index in [-0.39, 0.29) is 27.4 Å². The Labute approximate surface area is 168 Å². The summed E-state index contributed by atoms with van der Waals surface area (Å²) in [7, 11) is -2.60. The standard InChI is InChI=1S/C18H19ClN4O4S/c1-11-10-27-18-14(15(22-11)5-6-20)8-13(9-21-18)23-28(24,25)17-7-12(19)3-4-16(17)26-2/h3-9,11,23H,10,20H2,1-2H3/t11-/m0/s1. The van der Waals surface area contributed by atoms with E-state index < -0.39 is 10.0 Å². The van der Waals surface area contributed by atoms with Crippen molar-refractivity contribution in [3.8, 4) is 11.6 Å². The average molecular weight is 423 g/mol. The van der Waals surface area contributed by atoms with Crippen LogP contribution in [-0.4, -0.2) is 38.9 Å². The van der Waals surface area contributed by atoms with Gasteiger partial charge in [-0.1, -0.05) is 11.6 Å². The van der Waals surface area contributed by atoms with E-state index in [2.05, 4.69) is 14.7 Å². The summed E-state index contributed by atoms with van der Waals surface area (Å²) in [6.07, 6.45) is 4.34. The van der Waals surface area contributed by atoms with Crippen LogP contribution < -0.4 is 19.9 Å². The number of anilines is 1. The molecule has 10 heteroatoms. The molecule has 1 aromatic heterocycles. The number of fused-ring (bicyclic) bond motifs is 1. The number of benzene rings is 1. The minimum Gasteiger partial charge on any atom is -0.495 e. The van der Waals surface area contributed by atoms with Gasteiger partial charge in [0.1, 0.15) is 17.3 Å². The summed E-state index contributed by atoms with van der Waals surface area (Å²) in [5.74, 6) is 0.523. The first-order chi connectivity index (χ1) is 13.3. The van der Waals surface area contributed by atoms with Gasteiger partial charge in [0, 0.05) is 5.02 Å². The van der Waals surface area contributed by atoms with Crippen LogP contribution >= 0.6 is 11.6 Å². The normalized spacial score (nSPS) is 16.7. The zero-order valence-electron chi connectivity index (χ0n) is 15.2. The largest absolute Gasteiger partial charge is 0.495 e. The Hall–Kier alpha value is -2.78. The lowest BCUT2D eigenvalue weighted by Crippen LogP contribution is -2.15. The molecule has 0 fully saturated rings. The van der Waals surface area contributed by atoms with Crippen molar-refractivity contribution in [2.75, 3.05) is 18.4 Å². The van der Waals surface area contributed by atoms with Crippen molar-refractivity contribution < 1.29 is 17.9 Å². The van der Waals surface area contributed by atoms with Crippen LogP contribution in [0.1, 0.15) is 12.5 Å². The minimum atomic E-state index is -3.98. The second-order valence-corrected chi connectivity index (χ2v) is 8.10. The molecule has 2 aromatic rings. The van der Waals surface area contributed by atoms with Crippen molar-refractivity contribution >= 4 is 33.0 Å². The zero-order valence-corrected chi connectivity index (χ0v) is 16.8. The van der Waals surface area contributed by atoms with Crippen LogP contribution in [0.4, 0.5) is 5.69 Å². The molecule has 8 nitrogen and oxygen atoms in total. The highest BCUT2D eigenvalue weighted by Gasteiger charge is 2.23. The van der Waals surface area contributed by atoms with E-state index in [1.165, 1.54) is 31.6 Å². The lowest BCUT2D eigenvalue weighted by molar-refractivity contribution is 0.289. The van der Waals surface area contributed by atoms with Crippen molar-refractivity contribution in [2.45, 2.75) is 17.9 Å². The Balaban J connectivity index is 2.01. The number of ether oxygens (including phenoxy) is 2. The molecule has 0 saturated carbocycles. The number of nitrogens with zero attached hydrogens (tertiary/aromatic N) is 2. The number of pyridine rings is 1. The number of rotatable bonds is 5. The van der Waals surface area contributed by atoms with Gasteiger partial charge in [0.15, 0.2) is 0 Å². The van der Waals surface area contributed by atoms with Gasteiger partial charge in [-0.05, 0) is 43.5 Å². The van der Waals surface area contributed by atoms with Crippen LogP contribution in [0.2, 0.25) is 5.02 Å². The highest BCUT2D eigenvalue weighted by atomic mass is 35.5. The Morgan fingerprint density at radius 1 is 1.39 bits per heavy atom. The van der Waals surface area contributed by atoms with E-state index in [0.29, 0.717) is 23.8 Å². The van der Waals surface area contributed by atoms with Crippen LogP contribution in [-0.2, 0) is 10.0 Å². The molecule has 0 bridgehead atoms. The van der Waals surface area contributed by atoms with Gasteiger partial charge in [-0.15, -0.1) is 0 Å². The Morgan fingerprint density at radius 2 is 2.18 bits per heavy atom. The number of halogens is 1. The number of hydrogen-bond donors (Lipinski definition) is 2. The van der Waals surface area contributed by atoms with Crippen molar-refractivity contribution in [3.05, 3.63) is 53.3 Å². The topological polar surface area (TPSA) is 116 Å². The number of sulfonamides is 1. The summed E-state index contributed by atoms with van der Waals surface area (Å²) in [6, 6.07) is 5.83. The van der Waals surface area contributed by atoms with Crippen molar-refractivity contribution in [2.24, 2.45) is 10.7 Å². The third-order valence-corrected chi connectivity index (χ3v) is 5.51. The van der Waals surface area contributed by atoms with Gasteiger partial charge < -0.3 is 15.2 Å². The number of allylic oxidation sites excluding steroid dienone is 1. The molecule has 2 heterocycles. The smallest absolute Gasteiger partial charge is 0.265 e. The Kier molecular flexibility index (Phi) is 5.76. The predicted octanol–water partition coefficient (Wildman–Crippen LogP) is 2.59. The van der Waals surface area contributed by atoms with E-state index in [1.807, 2.05) is 6.92 Å². The number of nitrogens with two attached hydrogens (primary N) is 1. The molecule has 1 aliphatic heterocycles. The lowest BCUT2D eigenvalue weighted by atomic mass is 10.1.